The van der Waals surface area contributed by atoms with Crippen molar-refractivity contribution >= 4 is 23.4 Å². The zero-order valence-corrected chi connectivity index (χ0v) is 22.6. The van der Waals surface area contributed by atoms with Crippen molar-refractivity contribution in [1.82, 2.24) is 10.2 Å². The standard InChI is InChI=1S/C29H43ClN2O3/c1-19(2)26(27(34)32-11-9-23(10-12-32)22-5-7-24(30)8-6-22)31-25(33)18-28(3)14-20-13-21(15-28)17-29(4,35)16-20/h5-8,19-21,23,26,35H,9-18H2,1-4H3,(H,31,33)/t20?,21?,26-,28?,29?/m1/s1. The predicted molar refractivity (Wildman–Crippen MR) is 140 cm³/mol. The number of nitrogens with zero attached hydrogens (tertiary/aromatic N) is 1. The van der Waals surface area contributed by atoms with Gasteiger partial charge in [-0.05, 0) is 98.7 Å². The van der Waals surface area contributed by atoms with Gasteiger partial charge in [0.1, 0.15) is 6.04 Å². The van der Waals surface area contributed by atoms with Crippen LogP contribution in [-0.2, 0) is 9.59 Å². The first-order valence-electron chi connectivity index (χ1n) is 13.5. The largest absolute Gasteiger partial charge is 0.390 e. The second-order valence-electron chi connectivity index (χ2n) is 12.7. The van der Waals surface area contributed by atoms with E-state index in [4.69, 9.17) is 11.6 Å². The Balaban J connectivity index is 1.32. The lowest BCUT2D eigenvalue weighted by atomic mass is 9.57. The number of amides is 2. The fourth-order valence-corrected chi connectivity index (χ4v) is 7.51. The highest BCUT2D eigenvalue weighted by atomic mass is 35.5. The SMILES string of the molecule is CC(C)[C@@H](NC(=O)CC1(C)CC2CC(CC(C)(O)C2)C1)C(=O)N1CCC(c2ccc(Cl)cc2)CC1. The summed E-state index contributed by atoms with van der Waals surface area (Å²) in [4.78, 5) is 28.6. The number of carbonyl (C=O) groups excluding carboxylic acids is 2. The van der Waals surface area contributed by atoms with Crippen molar-refractivity contribution in [2.75, 3.05) is 13.1 Å². The summed E-state index contributed by atoms with van der Waals surface area (Å²) in [6.45, 7) is 9.63. The summed E-state index contributed by atoms with van der Waals surface area (Å²) in [6, 6.07) is 7.55. The van der Waals surface area contributed by atoms with Crippen LogP contribution in [0.25, 0.3) is 0 Å². The average molecular weight is 503 g/mol. The zero-order valence-electron chi connectivity index (χ0n) is 21.9. The van der Waals surface area contributed by atoms with Gasteiger partial charge in [-0.2, -0.15) is 0 Å². The van der Waals surface area contributed by atoms with Gasteiger partial charge < -0.3 is 15.3 Å². The second-order valence-corrected chi connectivity index (χ2v) is 13.1. The van der Waals surface area contributed by atoms with E-state index in [0.717, 1.165) is 43.5 Å². The van der Waals surface area contributed by atoms with E-state index < -0.39 is 11.6 Å². The third-order valence-electron chi connectivity index (χ3n) is 8.67. The summed E-state index contributed by atoms with van der Waals surface area (Å²) in [5.74, 6) is 1.48. The van der Waals surface area contributed by atoms with Crippen LogP contribution in [0.2, 0.25) is 5.02 Å². The van der Waals surface area contributed by atoms with Crippen LogP contribution in [0.15, 0.2) is 24.3 Å². The summed E-state index contributed by atoms with van der Waals surface area (Å²) in [5, 5.41) is 14.4. The van der Waals surface area contributed by atoms with Crippen molar-refractivity contribution in [3.8, 4) is 0 Å². The normalized spacial score (nSPS) is 32.4. The average Bonchev–Trinajstić information content (AvgIpc) is 2.75. The fraction of sp³-hybridized carbons (Fsp3) is 0.724. The highest BCUT2D eigenvalue weighted by molar-refractivity contribution is 6.30. The maximum Gasteiger partial charge on any atom is 0.245 e. The number of benzene rings is 1. The van der Waals surface area contributed by atoms with Crippen LogP contribution in [0.3, 0.4) is 0 Å². The van der Waals surface area contributed by atoms with E-state index in [-0.39, 0.29) is 23.1 Å². The molecule has 2 bridgehead atoms. The molecule has 2 saturated carbocycles. The van der Waals surface area contributed by atoms with E-state index in [1.54, 1.807) is 0 Å². The first-order chi connectivity index (χ1) is 16.4. The van der Waals surface area contributed by atoms with Crippen molar-refractivity contribution in [3.63, 3.8) is 0 Å². The van der Waals surface area contributed by atoms with Crippen LogP contribution in [0, 0.1) is 23.2 Å². The smallest absolute Gasteiger partial charge is 0.245 e. The number of aliphatic hydroxyl groups is 1. The van der Waals surface area contributed by atoms with Gasteiger partial charge in [0, 0.05) is 24.5 Å². The number of fused-ring (bicyclic) bond motifs is 2. The number of hydrogen-bond donors (Lipinski definition) is 2. The Morgan fingerprint density at radius 1 is 1.06 bits per heavy atom. The molecule has 6 heteroatoms. The van der Waals surface area contributed by atoms with E-state index in [9.17, 15) is 14.7 Å². The number of nitrogens with one attached hydrogen (secondary N) is 1. The Labute approximate surface area is 216 Å². The maximum atomic E-state index is 13.4. The molecule has 2 unspecified atom stereocenters. The highest BCUT2D eigenvalue weighted by Gasteiger charge is 2.46. The Bertz CT molecular complexity index is 889. The Morgan fingerprint density at radius 2 is 1.63 bits per heavy atom. The van der Waals surface area contributed by atoms with Crippen LogP contribution in [0.1, 0.15) is 90.5 Å². The van der Waals surface area contributed by atoms with Gasteiger partial charge in [0.2, 0.25) is 11.8 Å². The predicted octanol–water partition coefficient (Wildman–Crippen LogP) is 5.54. The van der Waals surface area contributed by atoms with Crippen LogP contribution in [-0.4, -0.2) is 46.6 Å². The number of hydrogen-bond acceptors (Lipinski definition) is 3. The number of piperidine rings is 1. The minimum Gasteiger partial charge on any atom is -0.390 e. The fourth-order valence-electron chi connectivity index (χ4n) is 7.39. The molecule has 3 fully saturated rings. The molecule has 1 aromatic rings. The molecule has 1 aliphatic heterocycles. The molecule has 0 aromatic heterocycles. The summed E-state index contributed by atoms with van der Waals surface area (Å²) >= 11 is 6.03. The first kappa shape index (κ1) is 26.5. The molecule has 4 rings (SSSR count). The van der Waals surface area contributed by atoms with Gasteiger partial charge in [-0.1, -0.05) is 44.5 Å². The number of halogens is 1. The summed E-state index contributed by atoms with van der Waals surface area (Å²) in [6.07, 6.45) is 7.11. The van der Waals surface area contributed by atoms with E-state index in [1.807, 2.05) is 37.8 Å². The summed E-state index contributed by atoms with van der Waals surface area (Å²) < 4.78 is 0. The minimum atomic E-state index is -0.562. The third-order valence-corrected chi connectivity index (χ3v) is 8.92. The Hall–Kier alpha value is -1.59. The monoisotopic (exact) mass is 502 g/mol. The van der Waals surface area contributed by atoms with Gasteiger partial charge in [-0.15, -0.1) is 0 Å². The van der Waals surface area contributed by atoms with E-state index >= 15 is 0 Å². The minimum absolute atomic E-state index is 0.0117. The van der Waals surface area contributed by atoms with E-state index in [0.29, 0.717) is 37.3 Å². The van der Waals surface area contributed by atoms with E-state index in [2.05, 4.69) is 24.4 Å². The quantitative estimate of drug-likeness (QED) is 0.536. The van der Waals surface area contributed by atoms with Gasteiger partial charge in [0.15, 0.2) is 0 Å². The van der Waals surface area contributed by atoms with Gasteiger partial charge in [-0.25, -0.2) is 0 Å². The van der Waals surface area contributed by atoms with Gasteiger partial charge in [0.05, 0.1) is 5.60 Å². The molecule has 2 N–H and O–H groups in total. The van der Waals surface area contributed by atoms with Crippen molar-refractivity contribution in [1.29, 1.82) is 0 Å². The van der Waals surface area contributed by atoms with Crippen molar-refractivity contribution in [2.45, 2.75) is 96.6 Å². The molecule has 2 aliphatic carbocycles. The van der Waals surface area contributed by atoms with E-state index in [1.165, 1.54) is 12.0 Å². The number of likely N-dealkylation sites (tertiary alicyclic amines) is 1. The molecule has 3 aliphatic rings. The zero-order chi connectivity index (χ0) is 25.4. The second kappa shape index (κ2) is 10.4. The summed E-state index contributed by atoms with van der Waals surface area (Å²) in [7, 11) is 0. The number of rotatable bonds is 6. The molecular formula is C29H43ClN2O3. The number of carbonyl (C=O) groups is 2. The lowest BCUT2D eigenvalue weighted by molar-refractivity contribution is -0.139. The van der Waals surface area contributed by atoms with Crippen molar-refractivity contribution < 1.29 is 14.7 Å². The third kappa shape index (κ3) is 6.60. The van der Waals surface area contributed by atoms with Crippen LogP contribution >= 0.6 is 11.6 Å². The van der Waals surface area contributed by atoms with Crippen molar-refractivity contribution in [3.05, 3.63) is 34.9 Å². The Morgan fingerprint density at radius 3 is 2.17 bits per heavy atom. The van der Waals surface area contributed by atoms with Gasteiger partial charge >= 0.3 is 0 Å². The van der Waals surface area contributed by atoms with Gasteiger partial charge in [-0.3, -0.25) is 9.59 Å². The molecule has 3 atom stereocenters. The van der Waals surface area contributed by atoms with Crippen LogP contribution < -0.4 is 5.32 Å². The Kier molecular flexibility index (Phi) is 7.88. The van der Waals surface area contributed by atoms with Gasteiger partial charge in [0.25, 0.3) is 0 Å². The van der Waals surface area contributed by atoms with Crippen molar-refractivity contribution in [2.24, 2.45) is 23.2 Å². The molecule has 0 radical (unpaired) electrons. The highest BCUT2D eigenvalue weighted by Crippen LogP contribution is 2.52. The molecule has 5 nitrogen and oxygen atoms in total. The summed E-state index contributed by atoms with van der Waals surface area (Å²) in [5.41, 5.74) is 0.658. The molecule has 1 heterocycles. The van der Waals surface area contributed by atoms with Crippen LogP contribution in [0.5, 0.6) is 0 Å². The lowest BCUT2D eigenvalue weighted by Gasteiger charge is -2.49. The molecular weight excluding hydrogens is 460 g/mol. The van der Waals surface area contributed by atoms with Crippen LogP contribution in [0.4, 0.5) is 0 Å². The molecule has 1 aromatic carbocycles. The molecule has 35 heavy (non-hydrogen) atoms. The molecule has 2 amide bonds. The lowest BCUT2D eigenvalue weighted by Crippen LogP contribution is -2.53. The maximum absolute atomic E-state index is 13.4. The molecule has 0 spiro atoms. The molecule has 1 saturated heterocycles. The topological polar surface area (TPSA) is 69.6 Å². The first-order valence-corrected chi connectivity index (χ1v) is 13.9. The molecule has 194 valence electrons.